The molecule has 2 heterocycles. The summed E-state index contributed by atoms with van der Waals surface area (Å²) < 4.78 is 81.3. The lowest BCUT2D eigenvalue weighted by molar-refractivity contribution is -0.137. The number of Topliss-reactive ketones (excluding diaryl/α,β-unsaturated/α-hetero) is 1. The van der Waals surface area contributed by atoms with Crippen LogP contribution in [-0.4, -0.2) is 26.1 Å². The van der Waals surface area contributed by atoms with Crippen LogP contribution in [-0.2, 0) is 30.2 Å². The molecule has 48 heavy (non-hydrogen) atoms. The first kappa shape index (κ1) is 37.0. The fraction of sp³-hybridized carbons (Fsp3) is 0.265. The molecule has 8 nitrogen and oxygen atoms in total. The molecule has 4 aromatic rings. The molecular weight excluding hydrogens is 642 g/mol. The lowest BCUT2D eigenvalue weighted by Gasteiger charge is -2.19. The Morgan fingerprint density at radius 1 is 0.750 bits per heavy atom. The Kier molecular flexibility index (Phi) is 11.9. The molecular formula is C34H28F6N4O4. The predicted octanol–water partition coefficient (Wildman–Crippen LogP) is 7.92. The van der Waals surface area contributed by atoms with E-state index in [-0.39, 0.29) is 36.7 Å². The van der Waals surface area contributed by atoms with Crippen LogP contribution in [0.5, 0.6) is 0 Å². The quantitative estimate of drug-likeness (QED) is 0.152. The Hall–Kier alpha value is -5.47. The Bertz CT molecular complexity index is 1970. The molecule has 0 amide bonds. The lowest BCUT2D eigenvalue weighted by Crippen LogP contribution is -2.29. The number of hydrogen-bond donors (Lipinski definition) is 1. The van der Waals surface area contributed by atoms with Crippen LogP contribution >= 0.6 is 0 Å². The van der Waals surface area contributed by atoms with Gasteiger partial charge in [-0.1, -0.05) is 74.5 Å². The Morgan fingerprint density at radius 2 is 1.15 bits per heavy atom. The Morgan fingerprint density at radius 3 is 1.50 bits per heavy atom. The van der Waals surface area contributed by atoms with Crippen molar-refractivity contribution in [1.82, 2.24) is 9.13 Å². The largest absolute Gasteiger partial charge is 0.407 e. The maximum absolute atomic E-state index is 13.2. The van der Waals surface area contributed by atoms with Gasteiger partial charge in [0.05, 0.1) is 43.5 Å². The Labute approximate surface area is 270 Å². The van der Waals surface area contributed by atoms with Gasteiger partial charge in [0, 0.05) is 17.8 Å². The SMILES string of the molecule is [C-]#[N+]c1c(C(F)(F)F)cc(-c2ccccc2)n(CC(=O)CC)c1=O.[C-]#[N+]c1c(C(F)(F)F)cc(-c2ccccc2)n(CC(O)CC)c1=O. The topological polar surface area (TPSA) is 90.0 Å². The number of alkyl halides is 6. The fourth-order valence-electron chi connectivity index (χ4n) is 4.58. The summed E-state index contributed by atoms with van der Waals surface area (Å²) in [5, 5.41) is 9.84. The maximum Gasteiger partial charge on any atom is 0.407 e. The molecule has 0 aliphatic carbocycles. The van der Waals surface area contributed by atoms with Gasteiger partial charge in [-0.25, -0.2) is 9.69 Å². The van der Waals surface area contributed by atoms with Crippen LogP contribution in [0, 0.1) is 13.1 Å². The number of carbonyl (C=O) groups is 1. The van der Waals surface area contributed by atoms with E-state index in [4.69, 9.17) is 13.1 Å². The van der Waals surface area contributed by atoms with Gasteiger partial charge in [-0.2, -0.15) is 26.3 Å². The highest BCUT2D eigenvalue weighted by atomic mass is 19.4. The fourth-order valence-corrected chi connectivity index (χ4v) is 4.58. The van der Waals surface area contributed by atoms with Crippen LogP contribution in [0.3, 0.4) is 0 Å². The van der Waals surface area contributed by atoms with Gasteiger partial charge in [0.25, 0.3) is 22.5 Å². The molecule has 0 bridgehead atoms. The number of aromatic nitrogens is 2. The number of halogens is 6. The normalized spacial score (nSPS) is 11.9. The van der Waals surface area contributed by atoms with Crippen molar-refractivity contribution in [3.05, 3.63) is 127 Å². The molecule has 0 fully saturated rings. The van der Waals surface area contributed by atoms with E-state index in [0.717, 1.165) is 21.3 Å². The lowest BCUT2D eigenvalue weighted by atomic mass is 10.1. The number of ketones is 1. The highest BCUT2D eigenvalue weighted by Gasteiger charge is 2.37. The number of benzene rings is 2. The van der Waals surface area contributed by atoms with Gasteiger partial charge in [0.2, 0.25) is 0 Å². The van der Waals surface area contributed by atoms with E-state index in [9.17, 15) is 45.8 Å². The van der Waals surface area contributed by atoms with Gasteiger partial charge < -0.3 is 14.2 Å². The van der Waals surface area contributed by atoms with Crippen LogP contribution in [0.25, 0.3) is 32.2 Å². The number of pyridine rings is 2. The van der Waals surface area contributed by atoms with E-state index in [1.165, 1.54) is 0 Å². The third-order valence-corrected chi connectivity index (χ3v) is 7.12. The summed E-state index contributed by atoms with van der Waals surface area (Å²) in [6.07, 6.45) is -10.1. The summed E-state index contributed by atoms with van der Waals surface area (Å²) >= 11 is 0. The molecule has 2 aromatic heterocycles. The first-order valence-electron chi connectivity index (χ1n) is 14.3. The second-order valence-corrected chi connectivity index (χ2v) is 10.3. The zero-order valence-corrected chi connectivity index (χ0v) is 25.6. The van der Waals surface area contributed by atoms with Gasteiger partial charge >= 0.3 is 12.4 Å². The molecule has 1 atom stereocenters. The van der Waals surface area contributed by atoms with E-state index < -0.39 is 52.1 Å². The van der Waals surface area contributed by atoms with Gasteiger partial charge in [-0.05, 0) is 29.7 Å². The third-order valence-electron chi connectivity index (χ3n) is 7.12. The summed E-state index contributed by atoms with van der Waals surface area (Å²) in [6.45, 7) is 16.6. The first-order chi connectivity index (χ1) is 22.6. The van der Waals surface area contributed by atoms with Crippen molar-refractivity contribution in [2.45, 2.75) is 58.2 Å². The van der Waals surface area contributed by atoms with Crippen LogP contribution in [0.4, 0.5) is 37.7 Å². The summed E-state index contributed by atoms with van der Waals surface area (Å²) in [4.78, 5) is 42.1. The predicted molar refractivity (Wildman–Crippen MR) is 166 cm³/mol. The van der Waals surface area contributed by atoms with Gasteiger partial charge in [-0.3, -0.25) is 14.4 Å². The van der Waals surface area contributed by atoms with Crippen molar-refractivity contribution < 1.29 is 36.2 Å². The second kappa shape index (κ2) is 15.4. The average Bonchev–Trinajstić information content (AvgIpc) is 3.06. The summed E-state index contributed by atoms with van der Waals surface area (Å²) in [6, 6.07) is 17.7. The monoisotopic (exact) mass is 670 g/mol. The van der Waals surface area contributed by atoms with Crippen molar-refractivity contribution in [3.63, 3.8) is 0 Å². The molecule has 250 valence electrons. The number of carbonyl (C=O) groups excluding carboxylic acids is 1. The molecule has 0 radical (unpaired) electrons. The van der Waals surface area contributed by atoms with Crippen molar-refractivity contribution in [1.29, 1.82) is 0 Å². The van der Waals surface area contributed by atoms with Gasteiger partial charge in [0.1, 0.15) is 0 Å². The van der Waals surface area contributed by atoms with E-state index in [2.05, 4.69) is 9.69 Å². The number of hydrogen-bond acceptors (Lipinski definition) is 4. The second-order valence-electron chi connectivity index (χ2n) is 10.3. The van der Waals surface area contributed by atoms with Crippen molar-refractivity contribution >= 4 is 17.2 Å². The van der Waals surface area contributed by atoms with E-state index in [0.29, 0.717) is 17.5 Å². The minimum absolute atomic E-state index is 0.0211. The molecule has 0 saturated carbocycles. The Balaban J connectivity index is 0.000000260. The minimum atomic E-state index is -4.84. The summed E-state index contributed by atoms with van der Waals surface area (Å²) in [5.41, 5.74) is -5.97. The molecule has 0 spiro atoms. The van der Waals surface area contributed by atoms with Gasteiger partial charge in [-0.15, -0.1) is 0 Å². The van der Waals surface area contributed by atoms with Crippen molar-refractivity contribution in [2.24, 2.45) is 0 Å². The van der Waals surface area contributed by atoms with E-state index >= 15 is 0 Å². The zero-order valence-electron chi connectivity index (χ0n) is 25.6. The molecule has 2 aromatic carbocycles. The molecule has 0 saturated heterocycles. The van der Waals surface area contributed by atoms with Gasteiger partial charge in [0.15, 0.2) is 5.78 Å². The number of aliphatic hydroxyl groups excluding tert-OH is 1. The van der Waals surface area contributed by atoms with E-state index in [1.807, 2.05) is 0 Å². The number of aliphatic hydroxyl groups is 1. The highest BCUT2D eigenvalue weighted by molar-refractivity contribution is 5.79. The number of rotatable bonds is 8. The molecule has 1 unspecified atom stereocenters. The molecule has 0 aliphatic rings. The standard InChI is InChI=1S/C17H15F3N2O2.C17H13F3N2O2/c2*1-3-12(23)10-22-14(11-7-5-4-6-8-11)9-13(17(18,19)20)15(21-2)16(22)24/h4-9,12,23H,3,10H2,1H3;4-9H,3,10H2,1H3. The first-order valence-corrected chi connectivity index (χ1v) is 14.3. The summed E-state index contributed by atoms with van der Waals surface area (Å²) in [7, 11) is 0. The van der Waals surface area contributed by atoms with Crippen molar-refractivity contribution in [3.8, 4) is 22.5 Å². The van der Waals surface area contributed by atoms with Crippen LogP contribution in [0.2, 0.25) is 0 Å². The van der Waals surface area contributed by atoms with Crippen LogP contribution < -0.4 is 11.1 Å². The maximum atomic E-state index is 13.2. The molecule has 0 aliphatic heterocycles. The average molecular weight is 671 g/mol. The zero-order chi connectivity index (χ0) is 35.8. The van der Waals surface area contributed by atoms with E-state index in [1.54, 1.807) is 74.5 Å². The number of nitrogens with zero attached hydrogens (tertiary/aromatic N) is 4. The molecule has 4 rings (SSSR count). The third kappa shape index (κ3) is 8.46. The van der Waals surface area contributed by atoms with Crippen LogP contribution in [0.15, 0.2) is 82.4 Å². The highest BCUT2D eigenvalue weighted by Crippen LogP contribution is 2.38. The van der Waals surface area contributed by atoms with Crippen molar-refractivity contribution in [2.75, 3.05) is 0 Å². The van der Waals surface area contributed by atoms with Crippen LogP contribution in [0.1, 0.15) is 37.8 Å². The smallest absolute Gasteiger partial charge is 0.391 e. The molecule has 1 N–H and O–H groups in total. The molecule has 14 heteroatoms. The summed E-state index contributed by atoms with van der Waals surface area (Å²) in [5.74, 6) is -0.315. The minimum Gasteiger partial charge on any atom is -0.391 e.